The highest BCUT2D eigenvalue weighted by atomic mass is 16.5. The maximum atomic E-state index is 12.4. The maximum absolute atomic E-state index is 12.4. The third-order valence-electron chi connectivity index (χ3n) is 4.27. The first-order chi connectivity index (χ1) is 13.2. The molecular weight excluding hydrogens is 364 g/mol. The number of carbonyl (C=O) groups excluding carboxylic acids is 3. The monoisotopic (exact) mass is 388 g/mol. The van der Waals surface area contributed by atoms with Crippen molar-refractivity contribution in [3.63, 3.8) is 0 Å². The molecule has 0 fully saturated rings. The predicted molar refractivity (Wildman–Crippen MR) is 103 cm³/mol. The standard InChI is InChI=1S/C20H24N2O6/c1-10-17(12(3)23)11(2)21-18(10)20(25)28-13(4)19(24)22-14-7-15(26-5)9-16(8-14)27-6/h7-9,13,21H,1-6H3,(H,22,24). The van der Waals surface area contributed by atoms with Crippen LogP contribution < -0.4 is 14.8 Å². The Kier molecular flexibility index (Phi) is 6.45. The quantitative estimate of drug-likeness (QED) is 0.558. The molecule has 1 unspecified atom stereocenters. The van der Waals surface area contributed by atoms with Gasteiger partial charge in [0.25, 0.3) is 5.91 Å². The van der Waals surface area contributed by atoms with E-state index in [1.165, 1.54) is 28.1 Å². The van der Waals surface area contributed by atoms with E-state index in [1.54, 1.807) is 32.0 Å². The normalized spacial score (nSPS) is 11.5. The predicted octanol–water partition coefficient (Wildman–Crippen LogP) is 3.04. The molecule has 1 amide bonds. The zero-order chi connectivity index (χ0) is 21.0. The second-order valence-corrected chi connectivity index (χ2v) is 6.32. The van der Waals surface area contributed by atoms with Crippen LogP contribution in [0.25, 0.3) is 0 Å². The van der Waals surface area contributed by atoms with E-state index in [0.29, 0.717) is 34.0 Å². The van der Waals surface area contributed by atoms with Gasteiger partial charge in [0.1, 0.15) is 17.2 Å². The van der Waals surface area contributed by atoms with Crippen molar-refractivity contribution < 1.29 is 28.6 Å². The van der Waals surface area contributed by atoms with Crippen LogP contribution in [0.3, 0.4) is 0 Å². The number of ether oxygens (including phenoxy) is 3. The summed E-state index contributed by atoms with van der Waals surface area (Å²) >= 11 is 0. The minimum atomic E-state index is -1.06. The fourth-order valence-corrected chi connectivity index (χ4v) is 2.88. The molecule has 0 spiro atoms. The number of ketones is 1. The van der Waals surface area contributed by atoms with E-state index in [0.717, 1.165) is 0 Å². The summed E-state index contributed by atoms with van der Waals surface area (Å²) in [5, 5.41) is 2.66. The number of hydrogen-bond donors (Lipinski definition) is 2. The Balaban J connectivity index is 2.12. The summed E-state index contributed by atoms with van der Waals surface area (Å²) in [4.78, 5) is 39.4. The Labute approximate surface area is 163 Å². The lowest BCUT2D eigenvalue weighted by Gasteiger charge is -2.14. The molecule has 1 heterocycles. The number of aryl methyl sites for hydroxylation is 1. The average molecular weight is 388 g/mol. The molecule has 2 rings (SSSR count). The zero-order valence-electron chi connectivity index (χ0n) is 16.8. The minimum Gasteiger partial charge on any atom is -0.497 e. The van der Waals surface area contributed by atoms with Gasteiger partial charge in [-0.05, 0) is 33.3 Å². The number of benzene rings is 1. The number of Topliss-reactive ketones (excluding diaryl/α,β-unsaturated/α-hetero) is 1. The van der Waals surface area contributed by atoms with Crippen molar-refractivity contribution in [2.24, 2.45) is 0 Å². The molecule has 0 bridgehead atoms. The molecule has 1 atom stereocenters. The van der Waals surface area contributed by atoms with Crippen molar-refractivity contribution in [1.29, 1.82) is 0 Å². The van der Waals surface area contributed by atoms with Gasteiger partial charge >= 0.3 is 5.97 Å². The highest BCUT2D eigenvalue weighted by molar-refractivity contribution is 6.02. The van der Waals surface area contributed by atoms with Gasteiger partial charge in [-0.15, -0.1) is 0 Å². The summed E-state index contributed by atoms with van der Waals surface area (Å²) in [6, 6.07) is 4.90. The second-order valence-electron chi connectivity index (χ2n) is 6.32. The van der Waals surface area contributed by atoms with Crippen LogP contribution in [0.4, 0.5) is 5.69 Å². The number of H-pyrrole nitrogens is 1. The summed E-state index contributed by atoms with van der Waals surface area (Å²) < 4.78 is 15.6. The molecule has 0 aliphatic carbocycles. The number of hydrogen-bond acceptors (Lipinski definition) is 6. The van der Waals surface area contributed by atoms with Crippen molar-refractivity contribution in [2.45, 2.75) is 33.8 Å². The lowest BCUT2D eigenvalue weighted by molar-refractivity contribution is -0.123. The van der Waals surface area contributed by atoms with E-state index in [9.17, 15) is 14.4 Å². The van der Waals surface area contributed by atoms with E-state index in [4.69, 9.17) is 14.2 Å². The first-order valence-corrected chi connectivity index (χ1v) is 8.63. The number of methoxy groups -OCH3 is 2. The molecule has 8 nitrogen and oxygen atoms in total. The van der Waals surface area contributed by atoms with Crippen LogP contribution in [0.1, 0.15) is 46.0 Å². The van der Waals surface area contributed by atoms with E-state index in [-0.39, 0.29) is 11.5 Å². The van der Waals surface area contributed by atoms with Gasteiger partial charge in [-0.1, -0.05) is 0 Å². The largest absolute Gasteiger partial charge is 0.497 e. The lowest BCUT2D eigenvalue weighted by Crippen LogP contribution is -2.30. The molecule has 150 valence electrons. The van der Waals surface area contributed by atoms with Crippen LogP contribution in [0.5, 0.6) is 11.5 Å². The van der Waals surface area contributed by atoms with Gasteiger partial charge < -0.3 is 24.5 Å². The van der Waals surface area contributed by atoms with Gasteiger partial charge in [0.05, 0.1) is 14.2 Å². The Morgan fingerprint density at radius 2 is 1.61 bits per heavy atom. The van der Waals surface area contributed by atoms with E-state index >= 15 is 0 Å². The van der Waals surface area contributed by atoms with Crippen LogP contribution in [0.2, 0.25) is 0 Å². The Bertz CT molecular complexity index is 893. The molecule has 2 N–H and O–H groups in total. The summed E-state index contributed by atoms with van der Waals surface area (Å²) in [6.45, 7) is 6.25. The van der Waals surface area contributed by atoms with Gasteiger partial charge in [-0.25, -0.2) is 4.79 Å². The lowest BCUT2D eigenvalue weighted by atomic mass is 10.1. The van der Waals surface area contributed by atoms with Crippen molar-refractivity contribution in [1.82, 2.24) is 4.98 Å². The molecule has 0 saturated heterocycles. The fourth-order valence-electron chi connectivity index (χ4n) is 2.88. The van der Waals surface area contributed by atoms with Crippen LogP contribution in [-0.4, -0.2) is 43.0 Å². The van der Waals surface area contributed by atoms with Gasteiger partial charge in [0.15, 0.2) is 11.9 Å². The fraction of sp³-hybridized carbons (Fsp3) is 0.350. The molecule has 1 aromatic heterocycles. The van der Waals surface area contributed by atoms with Crippen LogP contribution in [-0.2, 0) is 9.53 Å². The number of amides is 1. The Hall–Kier alpha value is -3.29. The number of carbonyl (C=O) groups is 3. The number of aromatic amines is 1. The van der Waals surface area contributed by atoms with Crippen molar-refractivity contribution >= 4 is 23.3 Å². The average Bonchev–Trinajstić information content (AvgIpc) is 2.95. The Morgan fingerprint density at radius 3 is 2.07 bits per heavy atom. The molecule has 0 aliphatic heterocycles. The van der Waals surface area contributed by atoms with Crippen LogP contribution >= 0.6 is 0 Å². The number of aromatic nitrogens is 1. The zero-order valence-corrected chi connectivity index (χ0v) is 16.8. The van der Waals surface area contributed by atoms with Gasteiger partial charge in [0, 0.05) is 35.1 Å². The molecule has 0 aliphatic rings. The van der Waals surface area contributed by atoms with Crippen molar-refractivity contribution in [3.8, 4) is 11.5 Å². The van der Waals surface area contributed by atoms with Crippen molar-refractivity contribution in [3.05, 3.63) is 40.7 Å². The highest BCUT2D eigenvalue weighted by Crippen LogP contribution is 2.26. The maximum Gasteiger partial charge on any atom is 0.355 e. The second kappa shape index (κ2) is 8.60. The smallest absolute Gasteiger partial charge is 0.355 e. The number of esters is 1. The summed E-state index contributed by atoms with van der Waals surface area (Å²) in [5.41, 5.74) is 2.13. The minimum absolute atomic E-state index is 0.150. The van der Waals surface area contributed by atoms with Crippen LogP contribution in [0, 0.1) is 13.8 Å². The first-order valence-electron chi connectivity index (χ1n) is 8.63. The molecule has 1 aromatic carbocycles. The third kappa shape index (κ3) is 4.51. The summed E-state index contributed by atoms with van der Waals surface area (Å²) in [6.07, 6.45) is -1.06. The van der Waals surface area contributed by atoms with Gasteiger partial charge in [-0.3, -0.25) is 9.59 Å². The van der Waals surface area contributed by atoms with Crippen LogP contribution in [0.15, 0.2) is 18.2 Å². The Morgan fingerprint density at radius 1 is 1.04 bits per heavy atom. The molecule has 0 saturated carbocycles. The third-order valence-corrected chi connectivity index (χ3v) is 4.27. The molecule has 0 radical (unpaired) electrons. The van der Waals surface area contributed by atoms with E-state index in [2.05, 4.69) is 10.3 Å². The first kappa shape index (κ1) is 21.0. The van der Waals surface area contributed by atoms with E-state index < -0.39 is 18.0 Å². The number of nitrogens with one attached hydrogen (secondary N) is 2. The van der Waals surface area contributed by atoms with Gasteiger partial charge in [-0.2, -0.15) is 0 Å². The summed E-state index contributed by atoms with van der Waals surface area (Å²) in [7, 11) is 3.00. The highest BCUT2D eigenvalue weighted by Gasteiger charge is 2.25. The molecule has 28 heavy (non-hydrogen) atoms. The van der Waals surface area contributed by atoms with Gasteiger partial charge in [0.2, 0.25) is 0 Å². The topological polar surface area (TPSA) is 107 Å². The summed E-state index contributed by atoms with van der Waals surface area (Å²) in [5.74, 6) is -0.361. The van der Waals surface area contributed by atoms with Crippen molar-refractivity contribution in [2.75, 3.05) is 19.5 Å². The SMILES string of the molecule is COc1cc(NC(=O)C(C)OC(=O)c2[nH]c(C)c(C(C)=O)c2C)cc(OC)c1. The number of rotatable bonds is 7. The molecule has 8 heteroatoms. The molecular formula is C20H24N2O6. The van der Waals surface area contributed by atoms with E-state index in [1.807, 2.05) is 0 Å². The number of anilines is 1. The molecule has 2 aromatic rings.